The zero-order valence-corrected chi connectivity index (χ0v) is 18.1. The van der Waals surface area contributed by atoms with Gasteiger partial charge in [0.25, 0.3) is 0 Å². The quantitative estimate of drug-likeness (QED) is 0.641. The number of nitrogens with zero attached hydrogens (tertiary/aromatic N) is 1. The van der Waals surface area contributed by atoms with Crippen molar-refractivity contribution in [2.45, 2.75) is 83.3 Å². The van der Waals surface area contributed by atoms with Gasteiger partial charge in [0, 0.05) is 17.9 Å². The van der Waals surface area contributed by atoms with Crippen molar-refractivity contribution in [3.63, 3.8) is 0 Å². The van der Waals surface area contributed by atoms with Crippen molar-refractivity contribution < 1.29 is 23.5 Å². The molecule has 5 rings (SSSR count). The highest BCUT2D eigenvalue weighted by molar-refractivity contribution is 5.83. The number of benzene rings is 1. The van der Waals surface area contributed by atoms with Crippen LogP contribution in [0.5, 0.6) is 0 Å². The average molecular weight is 418 g/mol. The lowest BCUT2D eigenvalue weighted by molar-refractivity contribution is -0.170. The van der Waals surface area contributed by atoms with E-state index in [9.17, 15) is 9.59 Å². The molecule has 1 aromatic carbocycles. The number of fused-ring (bicyclic) bond motifs is 3. The van der Waals surface area contributed by atoms with Crippen LogP contribution in [0.3, 0.4) is 0 Å². The number of piperidine rings is 2. The third kappa shape index (κ3) is 4.47. The molecule has 0 radical (unpaired) electrons. The Balaban J connectivity index is 1.55. The molecule has 30 heavy (non-hydrogen) atoms. The highest BCUT2D eigenvalue weighted by Crippen LogP contribution is 2.50. The van der Waals surface area contributed by atoms with Crippen molar-refractivity contribution in [3.8, 4) is 0 Å². The molecule has 2 aliphatic heterocycles. The lowest BCUT2D eigenvalue weighted by atomic mass is 9.66. The van der Waals surface area contributed by atoms with Crippen molar-refractivity contribution >= 4 is 12.1 Å². The van der Waals surface area contributed by atoms with Crippen LogP contribution in [0, 0.1) is 17.8 Å². The van der Waals surface area contributed by atoms with Gasteiger partial charge in [-0.3, -0.25) is 4.90 Å². The van der Waals surface area contributed by atoms with Gasteiger partial charge in [-0.25, -0.2) is 14.0 Å². The number of rotatable bonds is 5. The van der Waals surface area contributed by atoms with Crippen molar-refractivity contribution in [2.24, 2.45) is 17.8 Å². The minimum Gasteiger partial charge on any atom is -0.459 e. The van der Waals surface area contributed by atoms with Crippen LogP contribution in [-0.4, -0.2) is 40.8 Å². The van der Waals surface area contributed by atoms with Gasteiger partial charge in [0.15, 0.2) is 0 Å². The number of amides is 1. The number of carbonyl (C=O) groups is 2. The Kier molecular flexibility index (Phi) is 5.78. The van der Waals surface area contributed by atoms with Gasteiger partial charge in [0.2, 0.25) is 0 Å². The van der Waals surface area contributed by atoms with Crippen LogP contribution in [0.1, 0.15) is 58.4 Å². The molecule has 0 unspecified atom stereocenters. The van der Waals surface area contributed by atoms with Gasteiger partial charge < -0.3 is 9.47 Å². The number of halogens is 1. The summed E-state index contributed by atoms with van der Waals surface area (Å²) < 4.78 is 26.7. The van der Waals surface area contributed by atoms with Crippen LogP contribution in [0.2, 0.25) is 0 Å². The number of hydrogen-bond donors (Lipinski definition) is 0. The minimum atomic E-state index is -1.09. The Morgan fingerprint density at radius 2 is 1.80 bits per heavy atom. The molecule has 1 amide bonds. The zero-order chi connectivity index (χ0) is 21.5. The topological polar surface area (TPSA) is 55.8 Å². The molecule has 5 atom stereocenters. The van der Waals surface area contributed by atoms with Crippen LogP contribution >= 0.6 is 0 Å². The van der Waals surface area contributed by atoms with Crippen molar-refractivity contribution in [1.82, 2.24) is 4.90 Å². The van der Waals surface area contributed by atoms with E-state index in [4.69, 9.17) is 9.47 Å². The number of esters is 1. The summed E-state index contributed by atoms with van der Waals surface area (Å²) in [6.45, 7) is 5.51. The standard InChI is InChI=1S/C24H32FNO4/c1-24(2,3)30-23(28)26-19-12-11-17(20(25)18(19)13-15-9-10-15)21(26)22(27)29-14-16-7-5-4-6-8-16/h4-8,15,17-21H,9-14H2,1-3H3/t17-,18-,19+,20-,21+/m1/s1. The summed E-state index contributed by atoms with van der Waals surface area (Å²) in [6.07, 6.45) is 2.74. The fourth-order valence-corrected chi connectivity index (χ4v) is 5.05. The Morgan fingerprint density at radius 3 is 2.43 bits per heavy atom. The van der Waals surface area contributed by atoms with E-state index in [1.54, 1.807) is 20.8 Å². The first kappa shape index (κ1) is 21.1. The summed E-state index contributed by atoms with van der Waals surface area (Å²) in [4.78, 5) is 27.7. The smallest absolute Gasteiger partial charge is 0.411 e. The largest absolute Gasteiger partial charge is 0.459 e. The van der Waals surface area contributed by atoms with E-state index in [1.807, 2.05) is 30.3 Å². The SMILES string of the molecule is CC(C)(C)OC(=O)N1[C@H](C(=O)OCc2ccccc2)[C@@H]2CC[C@H]1[C@@H](CC1CC1)[C@@H]2F. The van der Waals surface area contributed by atoms with E-state index in [0.29, 0.717) is 18.8 Å². The van der Waals surface area contributed by atoms with Crippen molar-refractivity contribution in [3.05, 3.63) is 35.9 Å². The molecule has 5 nitrogen and oxygen atoms in total. The van der Waals surface area contributed by atoms with Crippen LogP contribution in [-0.2, 0) is 20.9 Å². The molecule has 0 spiro atoms. The normalized spacial score (nSPS) is 30.8. The molecule has 164 valence electrons. The molecule has 2 saturated heterocycles. The lowest BCUT2D eigenvalue weighted by Crippen LogP contribution is -2.68. The van der Waals surface area contributed by atoms with E-state index in [0.717, 1.165) is 24.8 Å². The van der Waals surface area contributed by atoms with Gasteiger partial charge in [-0.1, -0.05) is 43.2 Å². The Labute approximate surface area is 177 Å². The minimum absolute atomic E-state index is 0.109. The van der Waals surface area contributed by atoms with E-state index in [-0.39, 0.29) is 18.6 Å². The van der Waals surface area contributed by atoms with Crippen molar-refractivity contribution in [2.75, 3.05) is 0 Å². The van der Waals surface area contributed by atoms with Crippen LogP contribution < -0.4 is 0 Å². The molecule has 2 bridgehead atoms. The Morgan fingerprint density at radius 1 is 1.10 bits per heavy atom. The van der Waals surface area contributed by atoms with Gasteiger partial charge in [0.05, 0.1) is 0 Å². The number of ether oxygens (including phenoxy) is 2. The summed E-state index contributed by atoms with van der Waals surface area (Å²) in [5.41, 5.74) is 0.173. The first-order valence-electron chi connectivity index (χ1n) is 11.1. The lowest BCUT2D eigenvalue weighted by Gasteiger charge is -2.55. The molecule has 0 N–H and O–H groups in total. The average Bonchev–Trinajstić information content (AvgIpc) is 3.51. The van der Waals surface area contributed by atoms with Crippen LogP contribution in [0.25, 0.3) is 0 Å². The summed E-state index contributed by atoms with van der Waals surface area (Å²) >= 11 is 0. The molecule has 6 heteroatoms. The maximum absolute atomic E-state index is 15.5. The second-order valence-electron chi connectivity index (χ2n) is 10.0. The maximum atomic E-state index is 15.5. The number of carbonyl (C=O) groups excluding carboxylic acids is 2. The zero-order valence-electron chi connectivity index (χ0n) is 18.1. The van der Waals surface area contributed by atoms with Gasteiger partial charge in [-0.05, 0) is 51.5 Å². The number of hydrogen-bond acceptors (Lipinski definition) is 4. The third-order valence-corrected chi connectivity index (χ3v) is 6.54. The van der Waals surface area contributed by atoms with Crippen LogP contribution in [0.4, 0.5) is 9.18 Å². The molecule has 0 aromatic heterocycles. The number of alkyl halides is 1. The van der Waals surface area contributed by atoms with E-state index < -0.39 is 35.8 Å². The predicted molar refractivity (Wildman–Crippen MR) is 110 cm³/mol. The molecule has 4 fully saturated rings. The fraction of sp³-hybridized carbons (Fsp3) is 0.667. The van der Waals surface area contributed by atoms with Gasteiger partial charge in [-0.15, -0.1) is 0 Å². The molecule has 4 aliphatic rings. The third-order valence-electron chi connectivity index (χ3n) is 6.54. The molecular formula is C24H32FNO4. The predicted octanol–water partition coefficient (Wildman–Crippen LogP) is 4.88. The summed E-state index contributed by atoms with van der Waals surface area (Å²) in [5.74, 6) is -0.736. The molecular weight excluding hydrogens is 385 g/mol. The Bertz CT molecular complexity index is 773. The second-order valence-corrected chi connectivity index (χ2v) is 10.0. The highest BCUT2D eigenvalue weighted by Gasteiger charge is 2.59. The molecule has 2 saturated carbocycles. The maximum Gasteiger partial charge on any atom is 0.411 e. The van der Waals surface area contributed by atoms with Crippen LogP contribution in [0.15, 0.2) is 30.3 Å². The summed E-state index contributed by atoms with van der Waals surface area (Å²) in [6, 6.07) is 8.15. The van der Waals surface area contributed by atoms with Gasteiger partial charge >= 0.3 is 12.1 Å². The highest BCUT2D eigenvalue weighted by atomic mass is 19.1. The second kappa shape index (κ2) is 8.20. The fourth-order valence-electron chi connectivity index (χ4n) is 5.05. The molecule has 2 aliphatic carbocycles. The van der Waals surface area contributed by atoms with Gasteiger partial charge in [0.1, 0.15) is 24.4 Å². The summed E-state index contributed by atoms with van der Waals surface area (Å²) in [5, 5.41) is 0. The first-order valence-corrected chi connectivity index (χ1v) is 11.1. The van der Waals surface area contributed by atoms with E-state index in [2.05, 4.69) is 0 Å². The monoisotopic (exact) mass is 417 g/mol. The Hall–Kier alpha value is -2.11. The van der Waals surface area contributed by atoms with E-state index in [1.165, 1.54) is 4.90 Å². The van der Waals surface area contributed by atoms with E-state index >= 15 is 4.39 Å². The first-order chi connectivity index (χ1) is 14.2. The van der Waals surface area contributed by atoms with Gasteiger partial charge in [-0.2, -0.15) is 0 Å². The molecule has 1 aromatic rings. The molecule has 2 heterocycles. The van der Waals surface area contributed by atoms with Crippen molar-refractivity contribution in [1.29, 1.82) is 0 Å². The summed E-state index contributed by atoms with van der Waals surface area (Å²) in [7, 11) is 0.